The van der Waals surface area contributed by atoms with E-state index in [1.54, 1.807) is 0 Å². The summed E-state index contributed by atoms with van der Waals surface area (Å²) in [6.07, 6.45) is 13.9. The average Bonchev–Trinajstić information content (AvgIpc) is 3.16. The van der Waals surface area contributed by atoms with E-state index in [1.165, 1.54) is 38.5 Å². The predicted molar refractivity (Wildman–Crippen MR) is 133 cm³/mol. The minimum Gasteiger partial charge on any atom is -0.413 e. The van der Waals surface area contributed by atoms with Crippen molar-refractivity contribution in [3.63, 3.8) is 0 Å². The molecule has 4 heteroatoms. The maximum Gasteiger partial charge on any atom is 0.192 e. The summed E-state index contributed by atoms with van der Waals surface area (Å²) < 4.78 is 20.6. The van der Waals surface area contributed by atoms with Crippen molar-refractivity contribution in [3.8, 4) is 0 Å². The molecule has 0 aromatic rings. The quantitative estimate of drug-likeness (QED) is 0.319. The summed E-state index contributed by atoms with van der Waals surface area (Å²) in [5.41, 5.74) is 0.444. The molecule has 1 heterocycles. The van der Waals surface area contributed by atoms with Gasteiger partial charge in [-0.3, -0.25) is 0 Å². The van der Waals surface area contributed by atoms with Crippen molar-refractivity contribution >= 4 is 8.32 Å². The molecule has 0 aromatic carbocycles. The summed E-state index contributed by atoms with van der Waals surface area (Å²) in [7, 11) is -1.82. The third-order valence-electron chi connectivity index (χ3n) is 11.0. The van der Waals surface area contributed by atoms with E-state index in [4.69, 9.17) is 13.9 Å². The molecule has 5 aliphatic rings. The van der Waals surface area contributed by atoms with Gasteiger partial charge in [0.1, 0.15) is 0 Å². The molecule has 1 saturated heterocycles. The molecule has 0 bridgehead atoms. The van der Waals surface area contributed by atoms with Crippen LogP contribution in [0.15, 0.2) is 12.2 Å². The zero-order valence-electron chi connectivity index (χ0n) is 22.2. The summed E-state index contributed by atoms with van der Waals surface area (Å²) in [6.45, 7) is 21.3. The molecular formula is C28H48O3Si. The van der Waals surface area contributed by atoms with Gasteiger partial charge in [0.25, 0.3) is 0 Å². The fourth-order valence-corrected chi connectivity index (χ4v) is 9.73. The Morgan fingerprint density at radius 1 is 0.906 bits per heavy atom. The molecule has 4 fully saturated rings. The molecule has 0 N–H and O–H groups in total. The Morgan fingerprint density at radius 3 is 2.28 bits per heavy atom. The Hall–Kier alpha value is -0.163. The van der Waals surface area contributed by atoms with Gasteiger partial charge in [-0.15, -0.1) is 0 Å². The van der Waals surface area contributed by atoms with Crippen molar-refractivity contribution in [3.05, 3.63) is 12.2 Å². The van der Waals surface area contributed by atoms with Gasteiger partial charge in [0.05, 0.1) is 18.3 Å². The van der Waals surface area contributed by atoms with Crippen LogP contribution < -0.4 is 0 Å². The van der Waals surface area contributed by atoms with Crippen LogP contribution in [0.3, 0.4) is 0 Å². The van der Waals surface area contributed by atoms with E-state index < -0.39 is 14.1 Å². The van der Waals surface area contributed by atoms with Crippen LogP contribution in [0.25, 0.3) is 0 Å². The van der Waals surface area contributed by atoms with Gasteiger partial charge in [-0.25, -0.2) is 0 Å². The maximum atomic E-state index is 7.12. The van der Waals surface area contributed by atoms with Gasteiger partial charge in [-0.05, 0) is 86.7 Å². The maximum absolute atomic E-state index is 7.12. The minimum absolute atomic E-state index is 0.106. The molecule has 0 radical (unpaired) electrons. The summed E-state index contributed by atoms with van der Waals surface area (Å²) >= 11 is 0. The zero-order valence-corrected chi connectivity index (χ0v) is 23.2. The summed E-state index contributed by atoms with van der Waals surface area (Å²) in [5.74, 6) is 1.94. The Bertz CT molecular complexity index is 782. The molecular weight excluding hydrogens is 412 g/mol. The van der Waals surface area contributed by atoms with Gasteiger partial charge >= 0.3 is 0 Å². The molecule has 182 valence electrons. The molecule has 3 nitrogen and oxygen atoms in total. The fourth-order valence-electron chi connectivity index (χ4n) is 8.30. The molecule has 7 unspecified atom stereocenters. The molecule has 0 amide bonds. The highest BCUT2D eigenvalue weighted by atomic mass is 28.4. The minimum atomic E-state index is -1.82. The van der Waals surface area contributed by atoms with Gasteiger partial charge in [0, 0.05) is 5.41 Å². The smallest absolute Gasteiger partial charge is 0.192 e. The first kappa shape index (κ1) is 23.6. The first-order chi connectivity index (χ1) is 14.7. The molecule has 1 aliphatic heterocycles. The molecule has 4 aliphatic carbocycles. The first-order valence-corrected chi connectivity index (χ1v) is 16.3. The topological polar surface area (TPSA) is 27.7 Å². The average molecular weight is 461 g/mol. The van der Waals surface area contributed by atoms with Gasteiger partial charge in [0.15, 0.2) is 14.1 Å². The van der Waals surface area contributed by atoms with Gasteiger partial charge in [0.2, 0.25) is 0 Å². The van der Waals surface area contributed by atoms with Crippen LogP contribution in [-0.4, -0.2) is 32.4 Å². The van der Waals surface area contributed by atoms with Crippen molar-refractivity contribution in [1.29, 1.82) is 0 Å². The van der Waals surface area contributed by atoms with E-state index >= 15 is 0 Å². The standard InChI is InChI=1S/C28H48O3Si/c1-25(2,3)32(8,9)31-21-14-13-18-22-19(15-17-28(18,21)7)27(6)16-11-10-12-20(27)23-24(22)30-26(4,5)29-23/h15,17-24H,10-14,16H2,1-9H3/t18?,19?,20?,21?,22?,23?,24?,27-,28+/m1/s1. The second kappa shape index (κ2) is 7.18. The lowest BCUT2D eigenvalue weighted by molar-refractivity contribution is -0.155. The number of allylic oxidation sites excluding steroid dienone is 1. The van der Waals surface area contributed by atoms with Crippen molar-refractivity contribution in [2.75, 3.05) is 0 Å². The number of hydrogen-bond acceptors (Lipinski definition) is 3. The Morgan fingerprint density at radius 2 is 1.59 bits per heavy atom. The highest BCUT2D eigenvalue weighted by molar-refractivity contribution is 6.74. The van der Waals surface area contributed by atoms with E-state index in [2.05, 4.69) is 73.7 Å². The highest BCUT2D eigenvalue weighted by Gasteiger charge is 2.67. The molecule has 0 aromatic heterocycles. The number of rotatable bonds is 2. The highest BCUT2D eigenvalue weighted by Crippen LogP contribution is 2.67. The Labute approximate surface area is 198 Å². The van der Waals surface area contributed by atoms with Crippen molar-refractivity contribution in [2.24, 2.45) is 34.5 Å². The van der Waals surface area contributed by atoms with Crippen molar-refractivity contribution in [1.82, 2.24) is 0 Å². The second-order valence-corrected chi connectivity index (χ2v) is 19.1. The lowest BCUT2D eigenvalue weighted by Crippen LogP contribution is -2.61. The first-order valence-electron chi connectivity index (χ1n) is 13.4. The SMILES string of the molecule is CC1(C)OC2C(O1)C1CCCC[C@]1(C)C1C=C[C@]3(C)C(O[Si](C)(C)C(C)(C)C)CCC3C21. The summed E-state index contributed by atoms with van der Waals surface area (Å²) in [5, 5.41) is 0.244. The largest absolute Gasteiger partial charge is 0.413 e. The Balaban J connectivity index is 1.52. The second-order valence-electron chi connectivity index (χ2n) is 14.3. The van der Waals surface area contributed by atoms with Crippen LogP contribution in [0.4, 0.5) is 0 Å². The predicted octanol–water partition coefficient (Wildman–Crippen LogP) is 7.33. The molecule has 0 spiro atoms. The van der Waals surface area contributed by atoms with E-state index in [0.29, 0.717) is 35.2 Å². The third-order valence-corrected chi connectivity index (χ3v) is 15.5. The lowest BCUT2D eigenvalue weighted by Gasteiger charge is -2.61. The van der Waals surface area contributed by atoms with Crippen LogP contribution in [0.2, 0.25) is 18.1 Å². The van der Waals surface area contributed by atoms with Crippen LogP contribution >= 0.6 is 0 Å². The molecule has 5 rings (SSSR count). The van der Waals surface area contributed by atoms with Crippen molar-refractivity contribution in [2.45, 2.75) is 129 Å². The third kappa shape index (κ3) is 3.29. The lowest BCUT2D eigenvalue weighted by atomic mass is 9.46. The van der Waals surface area contributed by atoms with E-state index in [1.807, 2.05) is 0 Å². The van der Waals surface area contributed by atoms with E-state index in [9.17, 15) is 0 Å². The number of ether oxygens (including phenoxy) is 2. The van der Waals surface area contributed by atoms with Gasteiger partial charge in [-0.1, -0.05) is 59.6 Å². The molecule has 32 heavy (non-hydrogen) atoms. The zero-order chi connectivity index (χ0) is 23.3. The normalized spacial score (nSPS) is 49.8. The van der Waals surface area contributed by atoms with Gasteiger partial charge in [-0.2, -0.15) is 0 Å². The van der Waals surface area contributed by atoms with Crippen LogP contribution in [0.1, 0.15) is 87.0 Å². The van der Waals surface area contributed by atoms with E-state index in [0.717, 1.165) is 0 Å². The fraction of sp³-hybridized carbons (Fsp3) is 0.929. The Kier molecular flexibility index (Phi) is 5.29. The number of hydrogen-bond donors (Lipinski definition) is 0. The van der Waals surface area contributed by atoms with Crippen molar-refractivity contribution < 1.29 is 13.9 Å². The van der Waals surface area contributed by atoms with Gasteiger partial charge < -0.3 is 13.9 Å². The summed E-state index contributed by atoms with van der Waals surface area (Å²) in [6, 6.07) is 0. The number of fused-ring (bicyclic) bond motifs is 8. The monoisotopic (exact) mass is 460 g/mol. The molecule has 3 saturated carbocycles. The van der Waals surface area contributed by atoms with E-state index in [-0.39, 0.29) is 22.7 Å². The van der Waals surface area contributed by atoms with Crippen LogP contribution in [0, 0.1) is 34.5 Å². The summed E-state index contributed by atoms with van der Waals surface area (Å²) in [4.78, 5) is 0. The van der Waals surface area contributed by atoms with Crippen LogP contribution in [-0.2, 0) is 13.9 Å². The van der Waals surface area contributed by atoms with Crippen LogP contribution in [0.5, 0.6) is 0 Å². The molecule has 9 atom stereocenters.